The summed E-state index contributed by atoms with van der Waals surface area (Å²) in [6.45, 7) is 0. The first-order valence-corrected chi connectivity index (χ1v) is 9.43. The highest BCUT2D eigenvalue weighted by atomic mass is 32.1. The van der Waals surface area contributed by atoms with Crippen LogP contribution in [0.2, 0.25) is 0 Å². The summed E-state index contributed by atoms with van der Waals surface area (Å²) < 4.78 is 15.6. The zero-order valence-corrected chi connectivity index (χ0v) is 16.7. The third kappa shape index (κ3) is 4.77. The standard InChI is InChI=1S/C20H21N3O4S/c1-25-14-7-4-13(5-8-14)6-11-18-22-23-20(28-18)21-19(24)16-10-9-15(26-2)12-17(16)27-3/h4-5,7-10,12H,6,11H2,1-3H3,(H,21,23,24). The van der Waals surface area contributed by atoms with Crippen LogP contribution in [0.1, 0.15) is 20.9 Å². The predicted octanol–water partition coefficient (Wildman–Crippen LogP) is 3.60. The average molecular weight is 399 g/mol. The molecule has 0 bridgehead atoms. The average Bonchev–Trinajstić information content (AvgIpc) is 3.19. The highest BCUT2D eigenvalue weighted by molar-refractivity contribution is 7.15. The first-order valence-electron chi connectivity index (χ1n) is 8.61. The fraction of sp³-hybridized carbons (Fsp3) is 0.250. The van der Waals surface area contributed by atoms with Crippen molar-refractivity contribution in [1.82, 2.24) is 10.2 Å². The molecule has 8 heteroatoms. The maximum atomic E-state index is 12.5. The number of nitrogens with zero attached hydrogens (tertiary/aromatic N) is 2. The van der Waals surface area contributed by atoms with Gasteiger partial charge >= 0.3 is 0 Å². The van der Waals surface area contributed by atoms with Crippen molar-refractivity contribution in [2.24, 2.45) is 0 Å². The van der Waals surface area contributed by atoms with Crippen LogP contribution in [0, 0.1) is 0 Å². The highest BCUT2D eigenvalue weighted by Gasteiger charge is 2.15. The summed E-state index contributed by atoms with van der Waals surface area (Å²) in [4.78, 5) is 12.5. The van der Waals surface area contributed by atoms with E-state index in [1.54, 1.807) is 32.4 Å². The summed E-state index contributed by atoms with van der Waals surface area (Å²) in [5, 5.41) is 12.3. The highest BCUT2D eigenvalue weighted by Crippen LogP contribution is 2.26. The number of carbonyl (C=O) groups excluding carboxylic acids is 1. The minimum Gasteiger partial charge on any atom is -0.497 e. The van der Waals surface area contributed by atoms with E-state index in [4.69, 9.17) is 14.2 Å². The molecule has 3 rings (SSSR count). The van der Waals surface area contributed by atoms with E-state index in [-0.39, 0.29) is 5.91 Å². The number of amides is 1. The Morgan fingerprint density at radius 3 is 2.32 bits per heavy atom. The van der Waals surface area contributed by atoms with E-state index in [9.17, 15) is 4.79 Å². The summed E-state index contributed by atoms with van der Waals surface area (Å²) in [5.74, 6) is 1.57. The molecular weight excluding hydrogens is 378 g/mol. The molecular formula is C20H21N3O4S. The van der Waals surface area contributed by atoms with E-state index in [0.29, 0.717) is 22.2 Å². The number of benzene rings is 2. The summed E-state index contributed by atoms with van der Waals surface area (Å²) in [6.07, 6.45) is 1.57. The number of nitrogens with one attached hydrogen (secondary N) is 1. The lowest BCUT2D eigenvalue weighted by molar-refractivity contribution is 0.102. The predicted molar refractivity (Wildman–Crippen MR) is 108 cm³/mol. The second kappa shape index (κ2) is 9.18. The molecule has 1 N–H and O–H groups in total. The van der Waals surface area contributed by atoms with Crippen LogP contribution in [0.3, 0.4) is 0 Å². The van der Waals surface area contributed by atoms with Crippen LogP contribution < -0.4 is 19.5 Å². The topological polar surface area (TPSA) is 82.6 Å². The summed E-state index contributed by atoms with van der Waals surface area (Å²) in [6, 6.07) is 12.9. The zero-order chi connectivity index (χ0) is 19.9. The largest absolute Gasteiger partial charge is 0.497 e. The Morgan fingerprint density at radius 1 is 0.929 bits per heavy atom. The maximum absolute atomic E-state index is 12.5. The Balaban J connectivity index is 1.61. The van der Waals surface area contributed by atoms with Crippen LogP contribution in [0.15, 0.2) is 42.5 Å². The first kappa shape index (κ1) is 19.6. The number of ether oxygens (including phenoxy) is 3. The third-order valence-electron chi connectivity index (χ3n) is 4.13. The van der Waals surface area contributed by atoms with Crippen molar-refractivity contribution in [1.29, 1.82) is 0 Å². The second-order valence-corrected chi connectivity index (χ2v) is 6.93. The minimum atomic E-state index is -0.308. The van der Waals surface area contributed by atoms with Gasteiger partial charge in [-0.1, -0.05) is 23.5 Å². The van der Waals surface area contributed by atoms with Gasteiger partial charge in [0.15, 0.2) is 0 Å². The number of hydrogen-bond donors (Lipinski definition) is 1. The van der Waals surface area contributed by atoms with Crippen LogP contribution in [-0.4, -0.2) is 37.4 Å². The Bertz CT molecular complexity index is 941. The Kier molecular flexibility index (Phi) is 6.44. The van der Waals surface area contributed by atoms with Gasteiger partial charge in [-0.3, -0.25) is 10.1 Å². The molecule has 0 aliphatic heterocycles. The van der Waals surface area contributed by atoms with Gasteiger partial charge in [0, 0.05) is 12.5 Å². The molecule has 0 fully saturated rings. The molecule has 0 spiro atoms. The first-order chi connectivity index (χ1) is 13.6. The Morgan fingerprint density at radius 2 is 1.64 bits per heavy atom. The zero-order valence-electron chi connectivity index (χ0n) is 15.9. The fourth-order valence-corrected chi connectivity index (χ4v) is 3.33. The molecule has 0 saturated carbocycles. The van der Waals surface area contributed by atoms with E-state index in [0.717, 1.165) is 23.6 Å². The van der Waals surface area contributed by atoms with Gasteiger partial charge in [-0.25, -0.2) is 0 Å². The molecule has 0 radical (unpaired) electrons. The number of aryl methyl sites for hydroxylation is 2. The monoisotopic (exact) mass is 399 g/mol. The minimum absolute atomic E-state index is 0.308. The summed E-state index contributed by atoms with van der Waals surface area (Å²) in [5.41, 5.74) is 1.59. The molecule has 7 nitrogen and oxygen atoms in total. The van der Waals surface area contributed by atoms with Gasteiger partial charge in [0.1, 0.15) is 22.3 Å². The van der Waals surface area contributed by atoms with Crippen molar-refractivity contribution in [2.45, 2.75) is 12.8 Å². The number of methoxy groups -OCH3 is 3. The molecule has 28 heavy (non-hydrogen) atoms. The molecule has 0 saturated heterocycles. The van der Waals surface area contributed by atoms with Gasteiger partial charge in [-0.15, -0.1) is 10.2 Å². The number of carbonyl (C=O) groups is 1. The third-order valence-corrected chi connectivity index (χ3v) is 5.03. The lowest BCUT2D eigenvalue weighted by Gasteiger charge is -2.09. The van der Waals surface area contributed by atoms with E-state index < -0.39 is 0 Å². The molecule has 0 unspecified atom stereocenters. The molecule has 1 aromatic heterocycles. The van der Waals surface area contributed by atoms with Crippen LogP contribution in [0.4, 0.5) is 5.13 Å². The molecule has 2 aromatic carbocycles. The number of aromatic nitrogens is 2. The fourth-order valence-electron chi connectivity index (χ4n) is 2.60. The van der Waals surface area contributed by atoms with Crippen LogP contribution in [-0.2, 0) is 12.8 Å². The van der Waals surface area contributed by atoms with Gasteiger partial charge in [0.2, 0.25) is 5.13 Å². The second-order valence-electron chi connectivity index (χ2n) is 5.87. The number of rotatable bonds is 8. The van der Waals surface area contributed by atoms with Gasteiger partial charge in [0.05, 0.1) is 26.9 Å². The van der Waals surface area contributed by atoms with Crippen LogP contribution in [0.5, 0.6) is 17.2 Å². The van der Waals surface area contributed by atoms with Crippen LogP contribution in [0.25, 0.3) is 0 Å². The van der Waals surface area contributed by atoms with E-state index in [1.807, 2.05) is 24.3 Å². The van der Waals surface area contributed by atoms with Crippen molar-refractivity contribution in [3.05, 3.63) is 58.6 Å². The molecule has 0 aliphatic carbocycles. The van der Waals surface area contributed by atoms with E-state index >= 15 is 0 Å². The Hall–Kier alpha value is -3.13. The smallest absolute Gasteiger partial charge is 0.261 e. The summed E-state index contributed by atoms with van der Waals surface area (Å²) in [7, 11) is 4.71. The number of anilines is 1. The van der Waals surface area contributed by atoms with Gasteiger partial charge in [0.25, 0.3) is 5.91 Å². The van der Waals surface area contributed by atoms with Crippen molar-refractivity contribution in [3.63, 3.8) is 0 Å². The Labute approximate surface area is 167 Å². The quantitative estimate of drug-likeness (QED) is 0.623. The molecule has 0 atom stereocenters. The molecule has 146 valence electrons. The van der Waals surface area contributed by atoms with Gasteiger partial charge < -0.3 is 14.2 Å². The van der Waals surface area contributed by atoms with Crippen molar-refractivity contribution < 1.29 is 19.0 Å². The van der Waals surface area contributed by atoms with Crippen molar-refractivity contribution in [3.8, 4) is 17.2 Å². The van der Waals surface area contributed by atoms with E-state index in [1.165, 1.54) is 24.0 Å². The lowest BCUT2D eigenvalue weighted by atomic mass is 10.1. The van der Waals surface area contributed by atoms with Crippen LogP contribution >= 0.6 is 11.3 Å². The summed E-state index contributed by atoms with van der Waals surface area (Å²) >= 11 is 1.36. The normalized spacial score (nSPS) is 10.4. The molecule has 0 aliphatic rings. The van der Waals surface area contributed by atoms with Gasteiger partial charge in [-0.2, -0.15) is 0 Å². The molecule has 1 heterocycles. The SMILES string of the molecule is COc1ccc(CCc2nnc(NC(=O)c3ccc(OC)cc3OC)s2)cc1. The van der Waals surface area contributed by atoms with Crippen molar-refractivity contribution >= 4 is 22.4 Å². The molecule has 1 amide bonds. The lowest BCUT2D eigenvalue weighted by Crippen LogP contribution is -2.13. The van der Waals surface area contributed by atoms with Crippen molar-refractivity contribution in [2.75, 3.05) is 26.6 Å². The maximum Gasteiger partial charge on any atom is 0.261 e. The van der Waals surface area contributed by atoms with Gasteiger partial charge in [-0.05, 0) is 36.2 Å². The van der Waals surface area contributed by atoms with E-state index in [2.05, 4.69) is 15.5 Å². The molecule has 3 aromatic rings. The number of hydrogen-bond acceptors (Lipinski definition) is 7.